The topological polar surface area (TPSA) is 44.1 Å². The molecule has 0 heterocycles. The third kappa shape index (κ3) is 3.09. The molecule has 1 rings (SSSR count). The van der Waals surface area contributed by atoms with Crippen LogP contribution in [0.3, 0.4) is 0 Å². The maximum atomic E-state index is 11.8. The molecule has 3 nitrogen and oxygen atoms in total. The number of nitriles is 1. The second-order valence-corrected chi connectivity index (χ2v) is 3.55. The van der Waals surface area contributed by atoms with Crippen molar-refractivity contribution in [3.63, 3.8) is 0 Å². The van der Waals surface area contributed by atoms with Crippen molar-refractivity contribution in [1.82, 2.24) is 4.90 Å². The highest BCUT2D eigenvalue weighted by atomic mass is 16.2. The van der Waals surface area contributed by atoms with Crippen LogP contribution in [0.1, 0.15) is 25.0 Å². The Balaban J connectivity index is 2.73. The molecule has 0 N–H and O–H groups in total. The van der Waals surface area contributed by atoms with E-state index in [1.807, 2.05) is 26.0 Å². The van der Waals surface area contributed by atoms with Gasteiger partial charge in [-0.2, -0.15) is 5.26 Å². The summed E-state index contributed by atoms with van der Waals surface area (Å²) < 4.78 is 0. The highest BCUT2D eigenvalue weighted by molar-refractivity contribution is 5.78. The van der Waals surface area contributed by atoms with Crippen LogP contribution in [0.5, 0.6) is 0 Å². The molecule has 16 heavy (non-hydrogen) atoms. The summed E-state index contributed by atoms with van der Waals surface area (Å²) in [6.45, 7) is 5.39. The van der Waals surface area contributed by atoms with Crippen molar-refractivity contribution in [1.29, 1.82) is 5.26 Å². The van der Waals surface area contributed by atoms with Gasteiger partial charge < -0.3 is 4.90 Å². The fourth-order valence-electron chi connectivity index (χ4n) is 1.61. The Bertz CT molecular complexity index is 403. The molecule has 84 valence electrons. The standard InChI is InChI=1S/C13H16N2O/c1-3-15(4-2)13(16)9-11-6-5-7-12(8-11)10-14/h5-8H,3-4,9H2,1-2H3. The zero-order chi connectivity index (χ0) is 12.0. The van der Waals surface area contributed by atoms with Crippen LogP contribution in [-0.2, 0) is 11.2 Å². The first-order valence-electron chi connectivity index (χ1n) is 5.48. The molecule has 0 aromatic heterocycles. The second-order valence-electron chi connectivity index (χ2n) is 3.55. The van der Waals surface area contributed by atoms with Gasteiger partial charge in [-0.15, -0.1) is 0 Å². The third-order valence-corrected chi connectivity index (χ3v) is 2.53. The summed E-state index contributed by atoms with van der Waals surface area (Å²) in [4.78, 5) is 13.6. The summed E-state index contributed by atoms with van der Waals surface area (Å²) in [5, 5.41) is 8.75. The Morgan fingerprint density at radius 2 is 2.06 bits per heavy atom. The van der Waals surface area contributed by atoms with Gasteiger partial charge in [0.25, 0.3) is 0 Å². The van der Waals surface area contributed by atoms with Crippen LogP contribution in [0.4, 0.5) is 0 Å². The molecule has 0 aliphatic rings. The molecule has 0 saturated carbocycles. The van der Waals surface area contributed by atoms with E-state index in [4.69, 9.17) is 5.26 Å². The van der Waals surface area contributed by atoms with Crippen LogP contribution >= 0.6 is 0 Å². The monoisotopic (exact) mass is 216 g/mol. The first kappa shape index (κ1) is 12.3. The van der Waals surface area contributed by atoms with Crippen molar-refractivity contribution in [2.75, 3.05) is 13.1 Å². The van der Waals surface area contributed by atoms with E-state index in [1.165, 1.54) is 0 Å². The third-order valence-electron chi connectivity index (χ3n) is 2.53. The minimum Gasteiger partial charge on any atom is -0.343 e. The lowest BCUT2D eigenvalue weighted by molar-refractivity contribution is -0.130. The Labute approximate surface area is 96.3 Å². The summed E-state index contributed by atoms with van der Waals surface area (Å²) in [7, 11) is 0. The van der Waals surface area contributed by atoms with Gasteiger partial charge in [0.1, 0.15) is 0 Å². The van der Waals surface area contributed by atoms with Gasteiger partial charge in [0.05, 0.1) is 18.1 Å². The van der Waals surface area contributed by atoms with E-state index in [9.17, 15) is 4.79 Å². The molecule has 0 bridgehead atoms. The van der Waals surface area contributed by atoms with Gasteiger partial charge in [0.2, 0.25) is 5.91 Å². The number of nitrogens with zero attached hydrogens (tertiary/aromatic N) is 2. The molecule has 0 spiro atoms. The van der Waals surface area contributed by atoms with Crippen LogP contribution in [0.15, 0.2) is 24.3 Å². The van der Waals surface area contributed by atoms with Crippen LogP contribution in [0.2, 0.25) is 0 Å². The number of rotatable bonds is 4. The molecule has 0 aliphatic heterocycles. The quantitative estimate of drug-likeness (QED) is 0.772. The number of hydrogen-bond acceptors (Lipinski definition) is 2. The van der Waals surface area contributed by atoms with Crippen molar-refractivity contribution in [3.8, 4) is 6.07 Å². The minimum absolute atomic E-state index is 0.111. The van der Waals surface area contributed by atoms with Crippen molar-refractivity contribution in [3.05, 3.63) is 35.4 Å². The fourth-order valence-corrected chi connectivity index (χ4v) is 1.61. The molecule has 0 aliphatic carbocycles. The molecule has 1 aromatic rings. The zero-order valence-corrected chi connectivity index (χ0v) is 9.73. The van der Waals surface area contributed by atoms with Gasteiger partial charge in [0.15, 0.2) is 0 Å². The fraction of sp³-hybridized carbons (Fsp3) is 0.385. The van der Waals surface area contributed by atoms with Gasteiger partial charge in [0, 0.05) is 13.1 Å². The molecule has 0 unspecified atom stereocenters. The molecule has 1 aromatic carbocycles. The van der Waals surface area contributed by atoms with Gasteiger partial charge in [-0.1, -0.05) is 12.1 Å². The average Bonchev–Trinajstić information content (AvgIpc) is 2.31. The highest BCUT2D eigenvalue weighted by Crippen LogP contribution is 2.06. The Morgan fingerprint density at radius 3 is 2.62 bits per heavy atom. The summed E-state index contributed by atoms with van der Waals surface area (Å²) in [6.07, 6.45) is 0.372. The number of likely N-dealkylation sites (N-methyl/N-ethyl adjacent to an activating group) is 1. The normalized spacial score (nSPS) is 9.56. The highest BCUT2D eigenvalue weighted by Gasteiger charge is 2.10. The van der Waals surface area contributed by atoms with E-state index >= 15 is 0 Å². The number of carbonyl (C=O) groups is 1. The van der Waals surface area contributed by atoms with Crippen molar-refractivity contribution in [2.24, 2.45) is 0 Å². The Kier molecular flexibility index (Phi) is 4.53. The first-order valence-corrected chi connectivity index (χ1v) is 5.48. The molecular weight excluding hydrogens is 200 g/mol. The number of carbonyl (C=O) groups excluding carboxylic acids is 1. The van der Waals surface area contributed by atoms with Crippen LogP contribution < -0.4 is 0 Å². The molecule has 0 saturated heterocycles. The molecule has 3 heteroatoms. The predicted octanol–water partition coefficient (Wildman–Crippen LogP) is 1.97. The lowest BCUT2D eigenvalue weighted by Crippen LogP contribution is -2.31. The summed E-state index contributed by atoms with van der Waals surface area (Å²) in [5.41, 5.74) is 1.50. The van der Waals surface area contributed by atoms with Crippen LogP contribution in [0, 0.1) is 11.3 Å². The van der Waals surface area contributed by atoms with Gasteiger partial charge in [-0.25, -0.2) is 0 Å². The van der Waals surface area contributed by atoms with E-state index in [0.717, 1.165) is 18.7 Å². The van der Waals surface area contributed by atoms with E-state index in [2.05, 4.69) is 6.07 Å². The maximum Gasteiger partial charge on any atom is 0.226 e. The van der Waals surface area contributed by atoms with Gasteiger partial charge in [-0.05, 0) is 31.5 Å². The molecule has 0 radical (unpaired) electrons. The average molecular weight is 216 g/mol. The zero-order valence-electron chi connectivity index (χ0n) is 9.73. The lowest BCUT2D eigenvalue weighted by atomic mass is 10.1. The first-order chi connectivity index (χ1) is 7.71. The number of benzene rings is 1. The van der Waals surface area contributed by atoms with Crippen LogP contribution in [0.25, 0.3) is 0 Å². The molecule has 0 atom stereocenters. The van der Waals surface area contributed by atoms with E-state index in [0.29, 0.717) is 12.0 Å². The Hall–Kier alpha value is -1.82. The number of hydrogen-bond donors (Lipinski definition) is 0. The summed E-state index contributed by atoms with van der Waals surface area (Å²) in [5.74, 6) is 0.111. The number of amides is 1. The summed E-state index contributed by atoms with van der Waals surface area (Å²) >= 11 is 0. The van der Waals surface area contributed by atoms with Crippen molar-refractivity contribution < 1.29 is 4.79 Å². The molecular formula is C13H16N2O. The van der Waals surface area contributed by atoms with Crippen LogP contribution in [-0.4, -0.2) is 23.9 Å². The predicted molar refractivity (Wildman–Crippen MR) is 62.8 cm³/mol. The molecule has 1 amide bonds. The SMILES string of the molecule is CCN(CC)C(=O)Cc1cccc(C#N)c1. The van der Waals surface area contributed by atoms with E-state index < -0.39 is 0 Å². The van der Waals surface area contributed by atoms with Crippen molar-refractivity contribution >= 4 is 5.91 Å². The van der Waals surface area contributed by atoms with E-state index in [1.54, 1.807) is 17.0 Å². The van der Waals surface area contributed by atoms with Gasteiger partial charge >= 0.3 is 0 Å². The minimum atomic E-state index is 0.111. The van der Waals surface area contributed by atoms with Crippen molar-refractivity contribution in [2.45, 2.75) is 20.3 Å². The smallest absolute Gasteiger partial charge is 0.226 e. The Morgan fingerprint density at radius 1 is 1.38 bits per heavy atom. The maximum absolute atomic E-state index is 11.8. The van der Waals surface area contributed by atoms with Gasteiger partial charge in [-0.3, -0.25) is 4.79 Å². The van der Waals surface area contributed by atoms with E-state index in [-0.39, 0.29) is 5.91 Å². The second kappa shape index (κ2) is 5.92. The molecule has 0 fully saturated rings. The largest absolute Gasteiger partial charge is 0.343 e. The lowest BCUT2D eigenvalue weighted by Gasteiger charge is -2.18. The summed E-state index contributed by atoms with van der Waals surface area (Å²) in [6, 6.07) is 9.27.